The van der Waals surface area contributed by atoms with E-state index in [2.05, 4.69) is 5.32 Å². The number of hydrogen-bond acceptors (Lipinski definition) is 4. The van der Waals surface area contributed by atoms with Crippen molar-refractivity contribution < 1.29 is 14.4 Å². The number of carbonyl (C=O) groups excluding carboxylic acids is 3. The third-order valence-corrected chi connectivity index (χ3v) is 6.04. The maximum Gasteiger partial charge on any atom is 0.283 e. The first kappa shape index (κ1) is 21.1. The summed E-state index contributed by atoms with van der Waals surface area (Å²) in [6.45, 7) is 3.53. The van der Waals surface area contributed by atoms with Crippen molar-refractivity contribution >= 4 is 40.7 Å². The number of nitrogens with zero attached hydrogens (tertiary/aromatic N) is 2. The molecule has 160 valence electrons. The van der Waals surface area contributed by atoms with Gasteiger partial charge in [0, 0.05) is 24.3 Å². The van der Waals surface area contributed by atoms with E-state index in [1.807, 2.05) is 24.0 Å². The summed E-state index contributed by atoms with van der Waals surface area (Å²) in [4.78, 5) is 41.4. The highest BCUT2D eigenvalue weighted by atomic mass is 35.5. The lowest BCUT2D eigenvalue weighted by atomic mass is 10.1. The largest absolute Gasteiger partial charge is 0.350 e. The summed E-state index contributed by atoms with van der Waals surface area (Å²) in [5, 5.41) is 2.82. The Hall–Kier alpha value is -3.12. The van der Waals surface area contributed by atoms with Gasteiger partial charge in [-0.2, -0.15) is 0 Å². The molecule has 0 bridgehead atoms. The number of anilines is 2. The Morgan fingerprint density at radius 1 is 0.968 bits per heavy atom. The average molecular weight is 438 g/mol. The molecule has 2 heterocycles. The first-order chi connectivity index (χ1) is 15.0. The molecule has 2 aromatic rings. The number of halogens is 1. The van der Waals surface area contributed by atoms with E-state index in [9.17, 15) is 14.4 Å². The molecule has 3 amide bonds. The van der Waals surface area contributed by atoms with Gasteiger partial charge in [0.05, 0.1) is 5.69 Å². The van der Waals surface area contributed by atoms with Gasteiger partial charge in [-0.15, -0.1) is 0 Å². The highest BCUT2D eigenvalue weighted by Crippen LogP contribution is 2.32. The summed E-state index contributed by atoms with van der Waals surface area (Å²) >= 11 is 6.24. The number of imide groups is 1. The molecular formula is C24H24ClN3O3. The maximum absolute atomic E-state index is 13.0. The van der Waals surface area contributed by atoms with Crippen LogP contribution in [-0.4, -0.2) is 35.7 Å². The second-order valence-corrected chi connectivity index (χ2v) is 8.05. The van der Waals surface area contributed by atoms with Crippen LogP contribution in [0.2, 0.25) is 0 Å². The van der Waals surface area contributed by atoms with Gasteiger partial charge in [0.15, 0.2) is 0 Å². The second-order valence-electron chi connectivity index (χ2n) is 7.67. The number of para-hydroxylation sites is 1. The molecule has 2 aliphatic rings. The van der Waals surface area contributed by atoms with Crippen molar-refractivity contribution in [2.75, 3.05) is 23.3 Å². The lowest BCUT2D eigenvalue weighted by molar-refractivity contribution is -0.120. The fraction of sp³-hybridized carbons (Fsp3) is 0.292. The minimum absolute atomic E-state index is 0.0120. The Kier molecular flexibility index (Phi) is 6.09. The molecule has 7 heteroatoms. The lowest BCUT2D eigenvalue weighted by Crippen LogP contribution is -2.35. The average Bonchev–Trinajstić information content (AvgIpc) is 3.02. The zero-order valence-electron chi connectivity index (χ0n) is 17.4. The monoisotopic (exact) mass is 437 g/mol. The van der Waals surface area contributed by atoms with Crippen molar-refractivity contribution in [1.82, 2.24) is 4.90 Å². The number of aryl methyl sites for hydroxylation is 1. The van der Waals surface area contributed by atoms with Crippen LogP contribution in [0, 0.1) is 0 Å². The van der Waals surface area contributed by atoms with Crippen molar-refractivity contribution in [3.63, 3.8) is 0 Å². The molecule has 2 aromatic carbocycles. The molecule has 4 rings (SSSR count). The van der Waals surface area contributed by atoms with Crippen molar-refractivity contribution in [3.8, 4) is 0 Å². The smallest absolute Gasteiger partial charge is 0.283 e. The van der Waals surface area contributed by atoms with Gasteiger partial charge in [-0.1, -0.05) is 36.7 Å². The van der Waals surface area contributed by atoms with E-state index >= 15 is 0 Å². The predicted octanol–water partition coefficient (Wildman–Crippen LogP) is 4.31. The van der Waals surface area contributed by atoms with Crippen molar-refractivity contribution in [1.29, 1.82) is 0 Å². The second kappa shape index (κ2) is 8.94. The van der Waals surface area contributed by atoms with Crippen LogP contribution in [0.4, 0.5) is 11.4 Å². The first-order valence-electron chi connectivity index (χ1n) is 10.5. The normalized spacial score (nSPS) is 16.8. The van der Waals surface area contributed by atoms with E-state index in [4.69, 9.17) is 11.6 Å². The summed E-state index contributed by atoms with van der Waals surface area (Å²) in [6.07, 6.45) is 3.91. The minimum Gasteiger partial charge on any atom is -0.350 e. The van der Waals surface area contributed by atoms with Crippen molar-refractivity contribution in [3.05, 3.63) is 70.4 Å². The van der Waals surface area contributed by atoms with Crippen LogP contribution in [0.5, 0.6) is 0 Å². The maximum atomic E-state index is 13.0. The molecular weight excluding hydrogens is 414 g/mol. The van der Waals surface area contributed by atoms with Gasteiger partial charge in [0.1, 0.15) is 10.7 Å². The Labute approximate surface area is 186 Å². The molecule has 0 unspecified atom stereocenters. The number of rotatable bonds is 5. The van der Waals surface area contributed by atoms with Crippen LogP contribution in [0.3, 0.4) is 0 Å². The highest BCUT2D eigenvalue weighted by Gasteiger charge is 2.39. The van der Waals surface area contributed by atoms with Crippen molar-refractivity contribution in [2.24, 2.45) is 0 Å². The molecule has 0 atom stereocenters. The molecule has 6 nitrogen and oxygen atoms in total. The molecule has 0 radical (unpaired) electrons. The number of benzene rings is 2. The van der Waals surface area contributed by atoms with Crippen LogP contribution in [0.25, 0.3) is 0 Å². The number of likely N-dealkylation sites (tertiary alicyclic amines) is 1. The zero-order valence-corrected chi connectivity index (χ0v) is 18.1. The van der Waals surface area contributed by atoms with Gasteiger partial charge in [-0.25, -0.2) is 4.90 Å². The Balaban J connectivity index is 1.52. The molecule has 0 aromatic heterocycles. The van der Waals surface area contributed by atoms with E-state index in [-0.39, 0.29) is 16.6 Å². The van der Waals surface area contributed by atoms with Gasteiger partial charge in [-0.05, 0) is 61.6 Å². The molecule has 1 fully saturated rings. The third kappa shape index (κ3) is 4.08. The molecule has 0 saturated carbocycles. The van der Waals surface area contributed by atoms with Crippen LogP contribution >= 0.6 is 11.6 Å². The zero-order chi connectivity index (χ0) is 22.0. The predicted molar refractivity (Wildman–Crippen MR) is 121 cm³/mol. The van der Waals surface area contributed by atoms with Gasteiger partial charge in [-0.3, -0.25) is 14.4 Å². The van der Waals surface area contributed by atoms with E-state index in [0.717, 1.165) is 42.8 Å². The summed E-state index contributed by atoms with van der Waals surface area (Å²) in [5.74, 6) is -1.03. The SMILES string of the molecule is CCc1ccccc1N1C(=O)C(Cl)=C(Nc2ccc(C(=O)N3CCCCC3)cc2)C1=O. The minimum atomic E-state index is -0.549. The number of carbonyl (C=O) groups is 3. The molecule has 31 heavy (non-hydrogen) atoms. The number of nitrogens with one attached hydrogen (secondary N) is 1. The van der Waals surface area contributed by atoms with Crippen LogP contribution < -0.4 is 10.2 Å². The van der Waals surface area contributed by atoms with E-state index in [0.29, 0.717) is 23.4 Å². The Morgan fingerprint density at radius 3 is 2.32 bits per heavy atom. The standard InChI is InChI=1S/C24H24ClN3O3/c1-2-16-8-4-5-9-19(16)28-23(30)20(25)21(24(28)31)26-18-12-10-17(11-13-18)22(29)27-14-6-3-7-15-27/h4-5,8-13,26H,2-3,6-7,14-15H2,1H3. The van der Waals surface area contributed by atoms with E-state index in [1.165, 1.54) is 0 Å². The highest BCUT2D eigenvalue weighted by molar-refractivity contribution is 6.53. The quantitative estimate of drug-likeness (QED) is 0.707. The van der Waals surface area contributed by atoms with Crippen LogP contribution in [-0.2, 0) is 16.0 Å². The molecule has 1 saturated heterocycles. The molecule has 0 aliphatic carbocycles. The fourth-order valence-electron chi connectivity index (χ4n) is 3.98. The van der Waals surface area contributed by atoms with Crippen LogP contribution in [0.15, 0.2) is 59.3 Å². The molecule has 1 N–H and O–H groups in total. The molecule has 2 aliphatic heterocycles. The van der Waals surface area contributed by atoms with Crippen LogP contribution in [0.1, 0.15) is 42.1 Å². The number of hydrogen-bond donors (Lipinski definition) is 1. The topological polar surface area (TPSA) is 69.7 Å². The summed E-state index contributed by atoms with van der Waals surface area (Å²) in [7, 11) is 0. The third-order valence-electron chi connectivity index (χ3n) is 5.69. The Bertz CT molecular complexity index is 1060. The first-order valence-corrected chi connectivity index (χ1v) is 10.9. The van der Waals surface area contributed by atoms with Gasteiger partial charge in [0.2, 0.25) is 0 Å². The fourth-order valence-corrected chi connectivity index (χ4v) is 4.19. The van der Waals surface area contributed by atoms with Gasteiger partial charge < -0.3 is 10.2 Å². The van der Waals surface area contributed by atoms with E-state index in [1.54, 1.807) is 36.4 Å². The number of amides is 3. The van der Waals surface area contributed by atoms with Gasteiger partial charge in [0.25, 0.3) is 17.7 Å². The van der Waals surface area contributed by atoms with Crippen molar-refractivity contribution in [2.45, 2.75) is 32.6 Å². The number of piperidine rings is 1. The summed E-state index contributed by atoms with van der Waals surface area (Å²) < 4.78 is 0. The summed E-state index contributed by atoms with van der Waals surface area (Å²) in [5.41, 5.74) is 2.63. The summed E-state index contributed by atoms with van der Waals surface area (Å²) in [6, 6.07) is 14.2. The van der Waals surface area contributed by atoms with E-state index < -0.39 is 11.8 Å². The molecule has 0 spiro atoms. The van der Waals surface area contributed by atoms with Gasteiger partial charge >= 0.3 is 0 Å². The Morgan fingerprint density at radius 2 is 1.65 bits per heavy atom. The lowest BCUT2D eigenvalue weighted by Gasteiger charge is -2.26.